The highest BCUT2D eigenvalue weighted by atomic mass is 19.1. The molecule has 29 heavy (non-hydrogen) atoms. The molecule has 1 unspecified atom stereocenters. The number of rotatable bonds is 5. The minimum Gasteiger partial charge on any atom is -0.497 e. The van der Waals surface area contributed by atoms with Crippen molar-refractivity contribution in [2.45, 2.75) is 6.42 Å². The number of aromatic nitrogens is 2. The van der Waals surface area contributed by atoms with Crippen molar-refractivity contribution in [3.05, 3.63) is 42.2 Å². The van der Waals surface area contributed by atoms with E-state index in [-0.39, 0.29) is 36.0 Å². The largest absolute Gasteiger partial charge is 0.497 e. The molecule has 1 atom stereocenters. The zero-order valence-electron chi connectivity index (χ0n) is 15.9. The van der Waals surface area contributed by atoms with E-state index in [2.05, 4.69) is 15.5 Å². The zero-order valence-corrected chi connectivity index (χ0v) is 15.9. The summed E-state index contributed by atoms with van der Waals surface area (Å²) in [5.74, 6) is -0.468. The molecule has 1 saturated heterocycles. The van der Waals surface area contributed by atoms with Crippen molar-refractivity contribution in [2.75, 3.05) is 31.0 Å². The fourth-order valence-electron chi connectivity index (χ4n) is 3.43. The van der Waals surface area contributed by atoms with Crippen LogP contribution in [0.15, 0.2) is 36.4 Å². The number of aromatic amines is 1. The van der Waals surface area contributed by atoms with Gasteiger partial charge in [-0.25, -0.2) is 4.39 Å². The highest BCUT2D eigenvalue weighted by Gasteiger charge is 2.37. The van der Waals surface area contributed by atoms with Gasteiger partial charge in [-0.3, -0.25) is 19.6 Å². The summed E-state index contributed by atoms with van der Waals surface area (Å²) in [6.07, 6.45) is 0.00705. The van der Waals surface area contributed by atoms with Gasteiger partial charge < -0.3 is 14.8 Å². The van der Waals surface area contributed by atoms with Crippen LogP contribution in [0.25, 0.3) is 10.9 Å². The van der Waals surface area contributed by atoms with Gasteiger partial charge in [-0.05, 0) is 24.3 Å². The minimum atomic E-state index is -0.604. The number of H-pyrrole nitrogens is 1. The predicted molar refractivity (Wildman–Crippen MR) is 105 cm³/mol. The molecule has 2 aromatic carbocycles. The number of hydrogen-bond donors (Lipinski definition) is 2. The summed E-state index contributed by atoms with van der Waals surface area (Å²) in [5, 5.41) is 9.83. The number of ether oxygens (including phenoxy) is 2. The van der Waals surface area contributed by atoms with E-state index >= 15 is 0 Å². The molecule has 2 heterocycles. The lowest BCUT2D eigenvalue weighted by molar-refractivity contribution is -0.122. The Morgan fingerprint density at radius 2 is 2.10 bits per heavy atom. The molecule has 1 aliphatic heterocycles. The Morgan fingerprint density at radius 1 is 1.28 bits per heavy atom. The maximum Gasteiger partial charge on any atom is 0.229 e. The molecule has 8 nitrogen and oxygen atoms in total. The van der Waals surface area contributed by atoms with Crippen LogP contribution in [0.3, 0.4) is 0 Å². The van der Waals surface area contributed by atoms with E-state index in [0.29, 0.717) is 22.7 Å². The molecule has 0 bridgehead atoms. The summed E-state index contributed by atoms with van der Waals surface area (Å²) in [7, 11) is 3.02. The Kier molecular flexibility index (Phi) is 4.79. The first-order valence-electron chi connectivity index (χ1n) is 8.97. The van der Waals surface area contributed by atoms with E-state index in [0.717, 1.165) is 0 Å². The monoisotopic (exact) mass is 398 g/mol. The second-order valence-corrected chi connectivity index (χ2v) is 6.67. The Bertz CT molecular complexity index is 1100. The lowest BCUT2D eigenvalue weighted by Crippen LogP contribution is -2.28. The van der Waals surface area contributed by atoms with Gasteiger partial charge in [0.2, 0.25) is 11.8 Å². The van der Waals surface area contributed by atoms with E-state index in [1.54, 1.807) is 30.3 Å². The smallest absolute Gasteiger partial charge is 0.229 e. The first-order valence-corrected chi connectivity index (χ1v) is 8.97. The quantitative estimate of drug-likeness (QED) is 0.689. The fraction of sp³-hybridized carbons (Fsp3) is 0.250. The third-order valence-electron chi connectivity index (χ3n) is 4.94. The summed E-state index contributed by atoms with van der Waals surface area (Å²) in [6, 6.07) is 9.56. The van der Waals surface area contributed by atoms with Crippen molar-refractivity contribution in [1.29, 1.82) is 0 Å². The van der Waals surface area contributed by atoms with Crippen LogP contribution in [0.2, 0.25) is 0 Å². The van der Waals surface area contributed by atoms with Crippen molar-refractivity contribution in [1.82, 2.24) is 10.2 Å². The number of benzene rings is 2. The van der Waals surface area contributed by atoms with E-state index in [9.17, 15) is 14.0 Å². The first kappa shape index (κ1) is 18.7. The second-order valence-electron chi connectivity index (χ2n) is 6.67. The van der Waals surface area contributed by atoms with Gasteiger partial charge in [-0.1, -0.05) is 6.07 Å². The number of fused-ring (bicyclic) bond motifs is 1. The third-order valence-corrected chi connectivity index (χ3v) is 4.94. The Hall–Kier alpha value is -3.62. The molecule has 1 aliphatic rings. The number of anilines is 2. The Balaban J connectivity index is 1.54. The average molecular weight is 398 g/mol. The molecule has 150 valence electrons. The molecule has 1 aromatic heterocycles. The van der Waals surface area contributed by atoms with Crippen LogP contribution in [-0.4, -0.2) is 42.8 Å². The van der Waals surface area contributed by atoms with Crippen molar-refractivity contribution in [2.24, 2.45) is 5.92 Å². The van der Waals surface area contributed by atoms with Crippen LogP contribution < -0.4 is 19.7 Å². The van der Waals surface area contributed by atoms with Gasteiger partial charge in [-0.2, -0.15) is 5.10 Å². The van der Waals surface area contributed by atoms with Crippen LogP contribution in [0.1, 0.15) is 6.42 Å². The normalized spacial score (nSPS) is 16.3. The van der Waals surface area contributed by atoms with E-state index in [1.807, 2.05) is 0 Å². The van der Waals surface area contributed by atoms with E-state index < -0.39 is 11.7 Å². The third kappa shape index (κ3) is 3.35. The SMILES string of the molecule is COc1ccc(NC(=O)C2CC(=O)N(c3n[nH]c4cccc(F)c34)C2)c(OC)c1. The molecule has 2 N–H and O–H groups in total. The van der Waals surface area contributed by atoms with Crippen LogP contribution in [0.5, 0.6) is 11.5 Å². The van der Waals surface area contributed by atoms with E-state index in [4.69, 9.17) is 9.47 Å². The summed E-state index contributed by atoms with van der Waals surface area (Å²) < 4.78 is 24.7. The number of methoxy groups -OCH3 is 2. The highest BCUT2D eigenvalue weighted by Crippen LogP contribution is 2.33. The number of carbonyl (C=O) groups excluding carboxylic acids is 2. The van der Waals surface area contributed by atoms with Crippen molar-refractivity contribution in [3.63, 3.8) is 0 Å². The maximum absolute atomic E-state index is 14.2. The molecule has 0 spiro atoms. The number of carbonyl (C=O) groups is 2. The lowest BCUT2D eigenvalue weighted by Gasteiger charge is -2.15. The fourth-order valence-corrected chi connectivity index (χ4v) is 3.43. The van der Waals surface area contributed by atoms with Crippen LogP contribution in [0.4, 0.5) is 15.9 Å². The van der Waals surface area contributed by atoms with Gasteiger partial charge >= 0.3 is 0 Å². The van der Waals surface area contributed by atoms with Gasteiger partial charge in [-0.15, -0.1) is 0 Å². The maximum atomic E-state index is 14.2. The Labute approximate surface area is 165 Å². The standard InChI is InChI=1S/C20H19FN4O4/c1-28-12-6-7-14(16(9-12)29-2)22-20(27)11-8-17(26)25(10-11)19-18-13(21)4-3-5-15(18)23-24-19/h3-7,9,11H,8,10H2,1-2H3,(H,22,27)(H,23,24). The van der Waals surface area contributed by atoms with Gasteiger partial charge in [0.05, 0.1) is 36.7 Å². The highest BCUT2D eigenvalue weighted by molar-refractivity contribution is 6.07. The van der Waals surface area contributed by atoms with Crippen molar-refractivity contribution in [3.8, 4) is 11.5 Å². The van der Waals surface area contributed by atoms with Crippen molar-refractivity contribution < 1.29 is 23.5 Å². The molecule has 0 radical (unpaired) electrons. The summed E-state index contributed by atoms with van der Waals surface area (Å²) in [5.41, 5.74) is 0.962. The molecular weight excluding hydrogens is 379 g/mol. The number of nitrogens with zero attached hydrogens (tertiary/aromatic N) is 2. The molecule has 0 aliphatic carbocycles. The molecule has 9 heteroatoms. The number of hydrogen-bond acceptors (Lipinski definition) is 5. The number of nitrogens with one attached hydrogen (secondary N) is 2. The Morgan fingerprint density at radius 3 is 2.86 bits per heavy atom. The summed E-state index contributed by atoms with van der Waals surface area (Å²) >= 11 is 0. The van der Waals surface area contributed by atoms with Gasteiger partial charge in [0.15, 0.2) is 5.82 Å². The first-order chi connectivity index (χ1) is 14.0. The number of amides is 2. The summed E-state index contributed by atoms with van der Waals surface area (Å²) in [4.78, 5) is 26.6. The van der Waals surface area contributed by atoms with Crippen LogP contribution in [0, 0.1) is 11.7 Å². The molecule has 0 saturated carbocycles. The molecule has 4 rings (SSSR count). The zero-order chi connectivity index (χ0) is 20.5. The predicted octanol–water partition coefficient (Wildman–Crippen LogP) is 2.71. The number of halogens is 1. The van der Waals surface area contributed by atoms with Crippen LogP contribution >= 0.6 is 0 Å². The lowest BCUT2D eigenvalue weighted by atomic mass is 10.1. The van der Waals surface area contributed by atoms with Crippen molar-refractivity contribution >= 4 is 34.2 Å². The van der Waals surface area contributed by atoms with Crippen LogP contribution in [-0.2, 0) is 9.59 Å². The summed E-state index contributed by atoms with van der Waals surface area (Å²) in [6.45, 7) is 0.109. The second kappa shape index (κ2) is 7.42. The molecule has 1 fully saturated rings. The molecular formula is C20H19FN4O4. The molecule has 2 amide bonds. The van der Waals surface area contributed by atoms with Gasteiger partial charge in [0.25, 0.3) is 0 Å². The average Bonchev–Trinajstić information content (AvgIpc) is 3.32. The minimum absolute atomic E-state index is 0.00705. The van der Waals surface area contributed by atoms with Gasteiger partial charge in [0, 0.05) is 19.0 Å². The molecule has 3 aromatic rings. The topological polar surface area (TPSA) is 96.5 Å². The van der Waals surface area contributed by atoms with E-state index in [1.165, 1.54) is 25.2 Å². The van der Waals surface area contributed by atoms with Gasteiger partial charge in [0.1, 0.15) is 17.3 Å².